The topological polar surface area (TPSA) is 101 Å². The zero-order valence-corrected chi connectivity index (χ0v) is 11.7. The largest absolute Gasteiger partial charge is 0.379 e. The van der Waals surface area contributed by atoms with Crippen molar-refractivity contribution in [2.45, 2.75) is 13.3 Å². The van der Waals surface area contributed by atoms with Gasteiger partial charge in [0.1, 0.15) is 5.69 Å². The Hall–Kier alpha value is -1.67. The number of sulfonamides is 1. The van der Waals surface area contributed by atoms with Crippen LogP contribution in [0.2, 0.25) is 0 Å². The molecule has 1 rings (SSSR count). The normalized spacial score (nSPS) is 11.3. The standard InChI is InChI=1S/C11H17N3O4S/c1-9-5-3-6-10(11(9)14(15)16)12-7-4-8-13-19(2,17)18/h3,5-6,12-13H,4,7-8H2,1-2H3. The van der Waals surface area contributed by atoms with Crippen LogP contribution < -0.4 is 10.0 Å². The van der Waals surface area contributed by atoms with E-state index < -0.39 is 14.9 Å². The molecule has 0 fully saturated rings. The summed E-state index contributed by atoms with van der Waals surface area (Å²) in [5.41, 5.74) is 1.09. The molecule has 2 N–H and O–H groups in total. The molecule has 0 atom stereocenters. The Balaban J connectivity index is 2.55. The Morgan fingerprint density at radius 3 is 2.58 bits per heavy atom. The summed E-state index contributed by atoms with van der Waals surface area (Å²) in [6.45, 7) is 2.42. The maximum absolute atomic E-state index is 10.9. The van der Waals surface area contributed by atoms with E-state index in [0.29, 0.717) is 30.8 Å². The second-order valence-corrected chi connectivity index (χ2v) is 6.01. The fraction of sp³-hybridized carbons (Fsp3) is 0.455. The van der Waals surface area contributed by atoms with Crippen LogP contribution in [0.1, 0.15) is 12.0 Å². The van der Waals surface area contributed by atoms with Gasteiger partial charge in [-0.05, 0) is 19.4 Å². The van der Waals surface area contributed by atoms with Crippen molar-refractivity contribution in [3.8, 4) is 0 Å². The molecule has 1 aromatic carbocycles. The molecule has 0 saturated carbocycles. The Kier molecular flexibility index (Phi) is 5.25. The highest BCUT2D eigenvalue weighted by Crippen LogP contribution is 2.27. The lowest BCUT2D eigenvalue weighted by atomic mass is 10.1. The Labute approximate surface area is 112 Å². The van der Waals surface area contributed by atoms with E-state index in [9.17, 15) is 18.5 Å². The van der Waals surface area contributed by atoms with Crippen LogP contribution in [-0.2, 0) is 10.0 Å². The first-order chi connectivity index (χ1) is 8.81. The van der Waals surface area contributed by atoms with E-state index >= 15 is 0 Å². The van der Waals surface area contributed by atoms with Gasteiger partial charge in [-0.1, -0.05) is 12.1 Å². The van der Waals surface area contributed by atoms with E-state index in [0.717, 1.165) is 6.26 Å². The number of benzene rings is 1. The molecule has 0 heterocycles. The lowest BCUT2D eigenvalue weighted by molar-refractivity contribution is -0.384. The monoisotopic (exact) mass is 287 g/mol. The summed E-state index contributed by atoms with van der Waals surface area (Å²) in [7, 11) is -3.18. The van der Waals surface area contributed by atoms with Gasteiger partial charge in [-0.2, -0.15) is 0 Å². The summed E-state index contributed by atoms with van der Waals surface area (Å²) in [6, 6.07) is 5.04. The molecule has 0 aliphatic carbocycles. The van der Waals surface area contributed by atoms with Crippen LogP contribution in [0.3, 0.4) is 0 Å². The number of aryl methyl sites for hydroxylation is 1. The predicted molar refractivity (Wildman–Crippen MR) is 73.8 cm³/mol. The molecule has 0 bridgehead atoms. The third-order valence-corrected chi connectivity index (χ3v) is 3.18. The van der Waals surface area contributed by atoms with E-state index in [1.807, 2.05) is 0 Å². The molecule has 19 heavy (non-hydrogen) atoms. The van der Waals surface area contributed by atoms with Crippen molar-refractivity contribution >= 4 is 21.4 Å². The van der Waals surface area contributed by atoms with E-state index in [1.54, 1.807) is 25.1 Å². The zero-order valence-electron chi connectivity index (χ0n) is 10.8. The number of nitro benzene ring substituents is 1. The van der Waals surface area contributed by atoms with Crippen molar-refractivity contribution in [3.63, 3.8) is 0 Å². The predicted octanol–water partition coefficient (Wildman–Crippen LogP) is 1.25. The third-order valence-electron chi connectivity index (χ3n) is 2.45. The van der Waals surface area contributed by atoms with Crippen molar-refractivity contribution in [1.29, 1.82) is 0 Å². The molecule has 0 aliphatic rings. The molecule has 0 spiro atoms. The van der Waals surface area contributed by atoms with Crippen molar-refractivity contribution in [1.82, 2.24) is 4.72 Å². The molecule has 0 radical (unpaired) electrons. The molecule has 0 aliphatic heterocycles. The molecule has 8 heteroatoms. The molecule has 0 unspecified atom stereocenters. The quantitative estimate of drug-likeness (QED) is 0.446. The SMILES string of the molecule is Cc1cccc(NCCCNS(C)(=O)=O)c1[N+](=O)[O-]. The second-order valence-electron chi connectivity index (χ2n) is 4.18. The van der Waals surface area contributed by atoms with Gasteiger partial charge in [0.2, 0.25) is 10.0 Å². The summed E-state index contributed by atoms with van der Waals surface area (Å²) in [5.74, 6) is 0. The van der Waals surface area contributed by atoms with Crippen LogP contribution in [0.15, 0.2) is 18.2 Å². The summed E-state index contributed by atoms with van der Waals surface area (Å²) in [6.07, 6.45) is 1.63. The highest BCUT2D eigenvalue weighted by molar-refractivity contribution is 7.88. The average molecular weight is 287 g/mol. The Morgan fingerprint density at radius 2 is 2.00 bits per heavy atom. The molecule has 1 aromatic rings. The fourth-order valence-corrected chi connectivity index (χ4v) is 2.13. The number of nitrogens with one attached hydrogen (secondary N) is 2. The first kappa shape index (κ1) is 15.4. The van der Waals surface area contributed by atoms with E-state index in [2.05, 4.69) is 10.0 Å². The number of anilines is 1. The minimum absolute atomic E-state index is 0.0542. The summed E-state index contributed by atoms with van der Waals surface area (Å²) in [4.78, 5) is 10.5. The van der Waals surface area contributed by atoms with E-state index in [-0.39, 0.29) is 5.69 Å². The minimum atomic E-state index is -3.18. The highest BCUT2D eigenvalue weighted by atomic mass is 32.2. The number of rotatable bonds is 7. The van der Waals surface area contributed by atoms with Gasteiger partial charge in [0.25, 0.3) is 5.69 Å². The van der Waals surface area contributed by atoms with Crippen LogP contribution in [0.5, 0.6) is 0 Å². The Morgan fingerprint density at radius 1 is 1.32 bits per heavy atom. The first-order valence-corrected chi connectivity index (χ1v) is 7.63. The molecule has 106 valence electrons. The van der Waals surface area contributed by atoms with Gasteiger partial charge < -0.3 is 5.32 Å². The van der Waals surface area contributed by atoms with Crippen molar-refractivity contribution < 1.29 is 13.3 Å². The number of para-hydroxylation sites is 1. The molecular weight excluding hydrogens is 270 g/mol. The third kappa shape index (κ3) is 5.23. The van der Waals surface area contributed by atoms with Gasteiger partial charge in [0.15, 0.2) is 0 Å². The van der Waals surface area contributed by atoms with Crippen molar-refractivity contribution in [2.75, 3.05) is 24.7 Å². The van der Waals surface area contributed by atoms with Crippen LogP contribution in [0, 0.1) is 17.0 Å². The zero-order chi connectivity index (χ0) is 14.5. The number of hydrogen-bond donors (Lipinski definition) is 2. The van der Waals surface area contributed by atoms with Crippen molar-refractivity contribution in [2.24, 2.45) is 0 Å². The van der Waals surface area contributed by atoms with Gasteiger partial charge in [-0.15, -0.1) is 0 Å². The smallest absolute Gasteiger partial charge is 0.295 e. The first-order valence-electron chi connectivity index (χ1n) is 5.74. The van der Waals surface area contributed by atoms with Crippen LogP contribution in [0.4, 0.5) is 11.4 Å². The summed E-state index contributed by atoms with van der Waals surface area (Å²) >= 11 is 0. The number of nitrogens with zero attached hydrogens (tertiary/aromatic N) is 1. The molecule has 0 aromatic heterocycles. The Bertz CT molecular complexity index is 557. The highest BCUT2D eigenvalue weighted by Gasteiger charge is 2.15. The van der Waals surface area contributed by atoms with Crippen LogP contribution in [0.25, 0.3) is 0 Å². The summed E-state index contributed by atoms with van der Waals surface area (Å²) in [5, 5.41) is 13.9. The summed E-state index contributed by atoms with van der Waals surface area (Å²) < 4.78 is 24.0. The number of hydrogen-bond acceptors (Lipinski definition) is 5. The van der Waals surface area contributed by atoms with Crippen LogP contribution >= 0.6 is 0 Å². The second kappa shape index (κ2) is 6.48. The molecule has 7 nitrogen and oxygen atoms in total. The van der Waals surface area contributed by atoms with Crippen molar-refractivity contribution in [3.05, 3.63) is 33.9 Å². The van der Waals surface area contributed by atoms with Gasteiger partial charge in [0.05, 0.1) is 11.2 Å². The fourth-order valence-electron chi connectivity index (χ4n) is 1.61. The maximum Gasteiger partial charge on any atom is 0.295 e. The lowest BCUT2D eigenvalue weighted by Crippen LogP contribution is -2.24. The average Bonchev–Trinajstić information content (AvgIpc) is 2.26. The van der Waals surface area contributed by atoms with E-state index in [4.69, 9.17) is 0 Å². The van der Waals surface area contributed by atoms with Gasteiger partial charge >= 0.3 is 0 Å². The van der Waals surface area contributed by atoms with Gasteiger partial charge in [-0.25, -0.2) is 13.1 Å². The van der Waals surface area contributed by atoms with E-state index in [1.165, 1.54) is 0 Å². The van der Waals surface area contributed by atoms with Crippen LogP contribution in [-0.4, -0.2) is 32.7 Å². The molecular formula is C11H17N3O4S. The van der Waals surface area contributed by atoms with Gasteiger partial charge in [-0.3, -0.25) is 10.1 Å². The van der Waals surface area contributed by atoms with Gasteiger partial charge in [0, 0.05) is 18.7 Å². The molecule has 0 amide bonds. The number of nitro groups is 1. The minimum Gasteiger partial charge on any atom is -0.379 e. The lowest BCUT2D eigenvalue weighted by Gasteiger charge is -2.08. The maximum atomic E-state index is 10.9. The molecule has 0 saturated heterocycles.